The highest BCUT2D eigenvalue weighted by molar-refractivity contribution is 4.84. The van der Waals surface area contributed by atoms with Crippen LogP contribution in [0.25, 0.3) is 0 Å². The molecule has 5 nitrogen and oxygen atoms in total. The van der Waals surface area contributed by atoms with Gasteiger partial charge in [-0.25, -0.2) is 0 Å². The van der Waals surface area contributed by atoms with E-state index < -0.39 is 31.2 Å². The lowest BCUT2D eigenvalue weighted by Crippen LogP contribution is -2.33. The van der Waals surface area contributed by atoms with E-state index in [2.05, 4.69) is 4.74 Å². The number of hydrogen-bond donors (Lipinski definition) is 4. The Kier molecular flexibility index (Phi) is 1.83. The van der Waals surface area contributed by atoms with Crippen molar-refractivity contribution in [2.45, 2.75) is 24.6 Å². The highest BCUT2D eigenvalue weighted by atomic mass is 16.6. The first-order chi connectivity index (χ1) is 5.00. The van der Waals surface area contributed by atoms with Crippen LogP contribution < -0.4 is 0 Å². The van der Waals surface area contributed by atoms with E-state index in [0.29, 0.717) is 0 Å². The molecule has 0 saturated carbocycles. The lowest BCUT2D eigenvalue weighted by Gasteiger charge is -2.09. The fourth-order valence-corrected chi connectivity index (χ4v) is 0.789. The first-order valence-electron chi connectivity index (χ1n) is 3.35. The van der Waals surface area contributed by atoms with Gasteiger partial charge in [0.15, 0.2) is 6.29 Å². The summed E-state index contributed by atoms with van der Waals surface area (Å²) in [7, 11) is 0. The van der Waals surface area contributed by atoms with Crippen LogP contribution in [0.2, 0.25) is 0 Å². The molecule has 5 heteroatoms. The van der Waals surface area contributed by atoms with Crippen molar-refractivity contribution in [2.75, 3.05) is 6.61 Å². The highest BCUT2D eigenvalue weighted by Crippen LogP contribution is 2.18. The number of ether oxygens (including phenoxy) is 1. The van der Waals surface area contributed by atoms with Crippen molar-refractivity contribution >= 4 is 0 Å². The molecular weight excluding hydrogens is 140 g/mol. The highest BCUT2D eigenvalue weighted by Gasteiger charge is 2.41. The molecule has 60 valence electrons. The molecule has 1 aliphatic rings. The van der Waals surface area contributed by atoms with E-state index in [-0.39, 0.29) is 0 Å². The summed E-state index contributed by atoms with van der Waals surface area (Å²) in [5, 5.41) is 35.3. The number of aliphatic hydroxyl groups is 4. The van der Waals surface area contributed by atoms with Gasteiger partial charge in [-0.2, -0.15) is 0 Å². The van der Waals surface area contributed by atoms with Crippen molar-refractivity contribution in [3.63, 3.8) is 0 Å². The van der Waals surface area contributed by atoms with Gasteiger partial charge in [0, 0.05) is 0 Å². The predicted molar refractivity (Wildman–Crippen MR) is 30.0 cm³/mol. The molecule has 0 bridgehead atoms. The lowest BCUT2D eigenvalue weighted by atomic mass is 10.1. The Hall–Kier alpha value is -0.200. The average molecular weight is 151 g/mol. The van der Waals surface area contributed by atoms with E-state index >= 15 is 0 Å². The summed E-state index contributed by atoms with van der Waals surface area (Å²) >= 11 is 0. The minimum atomic E-state index is -2.44. The van der Waals surface area contributed by atoms with Crippen molar-refractivity contribution in [3.05, 3.63) is 0 Å². The van der Waals surface area contributed by atoms with Gasteiger partial charge >= 0.3 is 0 Å². The van der Waals surface area contributed by atoms with E-state index in [9.17, 15) is 0 Å². The summed E-state index contributed by atoms with van der Waals surface area (Å²) in [4.78, 5) is 0. The van der Waals surface area contributed by atoms with Gasteiger partial charge in [0.2, 0.25) is 0 Å². The first kappa shape index (κ1) is 6.51. The van der Waals surface area contributed by atoms with Gasteiger partial charge in [-0.15, -0.1) is 0 Å². The Bertz CT molecular complexity index is 150. The minimum Gasteiger partial charge on any atom is -0.394 e. The Labute approximate surface area is 58.9 Å². The molecule has 0 aromatic heterocycles. The quantitative estimate of drug-likeness (QED) is 0.330. The molecule has 0 amide bonds. The molecule has 1 rings (SSSR count). The molecule has 1 saturated heterocycles. The summed E-state index contributed by atoms with van der Waals surface area (Å²) in [6, 6.07) is 0. The van der Waals surface area contributed by atoms with E-state index in [1.165, 1.54) is 0 Å². The summed E-state index contributed by atoms with van der Waals surface area (Å²) in [6.45, 7) is -0.542. The Morgan fingerprint density at radius 1 is 1.40 bits per heavy atom. The van der Waals surface area contributed by atoms with Crippen molar-refractivity contribution in [2.24, 2.45) is 0 Å². The van der Waals surface area contributed by atoms with Gasteiger partial charge in [-0.05, 0) is 0 Å². The summed E-state index contributed by atoms with van der Waals surface area (Å²) in [5.41, 5.74) is 0. The summed E-state index contributed by atoms with van der Waals surface area (Å²) in [6.07, 6.45) is -6.88. The molecule has 4 atom stereocenters. The molecule has 0 radical (unpaired) electrons. The fraction of sp³-hybridized carbons (Fsp3) is 1.00. The zero-order valence-corrected chi connectivity index (χ0v) is 5.14. The second-order valence-electron chi connectivity index (χ2n) is 2.08. The van der Waals surface area contributed by atoms with E-state index in [4.69, 9.17) is 21.8 Å². The predicted octanol–water partition coefficient (Wildman–Crippen LogP) is -2.58. The average Bonchev–Trinajstić information content (AvgIpc) is 2.14. The number of rotatable bonds is 1. The zero-order valence-electron chi connectivity index (χ0n) is 6.14. The molecule has 4 N–H and O–H groups in total. The third-order valence-electron chi connectivity index (χ3n) is 1.39. The van der Waals surface area contributed by atoms with E-state index in [1.54, 1.807) is 0 Å². The van der Waals surface area contributed by atoms with Crippen LogP contribution in [0.15, 0.2) is 0 Å². The molecule has 1 heterocycles. The maximum absolute atomic E-state index is 9.00. The lowest BCUT2D eigenvalue weighted by molar-refractivity contribution is -0.132. The van der Waals surface area contributed by atoms with Gasteiger partial charge in [0.05, 0.1) is 7.98 Å². The Morgan fingerprint density at radius 2 is 2.00 bits per heavy atom. The normalized spacial score (nSPS) is 56.8. The van der Waals surface area contributed by atoms with Crippen LogP contribution in [-0.4, -0.2) is 51.6 Å². The second kappa shape index (κ2) is 2.81. The topological polar surface area (TPSA) is 90.2 Å². The van der Waals surface area contributed by atoms with E-state index in [0.717, 1.165) is 0 Å². The fourth-order valence-electron chi connectivity index (χ4n) is 0.789. The van der Waals surface area contributed by atoms with Crippen LogP contribution in [0.5, 0.6) is 0 Å². The van der Waals surface area contributed by atoms with Gasteiger partial charge in [-0.1, -0.05) is 0 Å². The number of hydrogen-bond acceptors (Lipinski definition) is 5. The summed E-state index contributed by atoms with van der Waals surface area (Å²) in [5.74, 6) is 0. The van der Waals surface area contributed by atoms with Crippen LogP contribution in [0.4, 0.5) is 0 Å². The summed E-state index contributed by atoms with van der Waals surface area (Å²) < 4.78 is 11.4. The largest absolute Gasteiger partial charge is 0.394 e. The maximum atomic E-state index is 9.00. The van der Waals surface area contributed by atoms with Gasteiger partial charge < -0.3 is 25.2 Å². The van der Waals surface area contributed by atoms with Crippen molar-refractivity contribution in [3.8, 4) is 0 Å². The van der Waals surface area contributed by atoms with Crippen molar-refractivity contribution in [1.29, 1.82) is 0 Å². The third kappa shape index (κ3) is 1.14. The molecule has 1 fully saturated rings. The number of aliphatic hydroxyl groups excluding tert-OH is 3. The zero-order chi connectivity index (χ0) is 8.65. The van der Waals surface area contributed by atoms with Crippen LogP contribution in [-0.2, 0) is 4.74 Å². The monoisotopic (exact) mass is 151 g/mol. The van der Waals surface area contributed by atoms with Gasteiger partial charge in [-0.3, -0.25) is 0 Å². The minimum absolute atomic E-state index is 0.542. The molecule has 1 aliphatic heterocycles. The second-order valence-corrected chi connectivity index (χ2v) is 2.08. The molecule has 10 heavy (non-hydrogen) atoms. The van der Waals surface area contributed by atoms with Gasteiger partial charge in [0.25, 0.3) is 0 Å². The van der Waals surface area contributed by atoms with Crippen molar-refractivity contribution < 1.29 is 26.5 Å². The molecule has 0 aromatic rings. The molecule has 0 aliphatic carbocycles. The molecule has 0 aromatic carbocycles. The van der Waals surface area contributed by atoms with Crippen LogP contribution in [0.3, 0.4) is 0 Å². The van der Waals surface area contributed by atoms with Gasteiger partial charge in [0.1, 0.15) is 18.3 Å². The first-order valence-corrected chi connectivity index (χ1v) is 2.85. The van der Waals surface area contributed by atoms with Crippen LogP contribution in [0, 0.1) is 0 Å². The maximum Gasteiger partial charge on any atom is 0.184 e. The Morgan fingerprint density at radius 3 is 2.20 bits per heavy atom. The standard InChI is InChI=1S/C5H10O5/c6-1-2-3(7)4(8)5(9)10-2/h2-9H,1H2/t2-,3-,4-,5?/m1/s1/i4D. The van der Waals surface area contributed by atoms with Crippen molar-refractivity contribution in [1.82, 2.24) is 0 Å². The third-order valence-corrected chi connectivity index (χ3v) is 1.39. The smallest absolute Gasteiger partial charge is 0.184 e. The van der Waals surface area contributed by atoms with Crippen LogP contribution in [0.1, 0.15) is 1.37 Å². The SMILES string of the molecule is [2H][C@]1(O)C(O)O[C@H](CO)[C@H]1O. The van der Waals surface area contributed by atoms with E-state index in [1.807, 2.05) is 0 Å². The molecule has 0 spiro atoms. The molecule has 1 unspecified atom stereocenters. The Balaban J connectivity index is 2.71. The van der Waals surface area contributed by atoms with Crippen LogP contribution >= 0.6 is 0 Å². The molecular formula is C5H10O5.